The number of amides is 1. The molecule has 0 bridgehead atoms. The lowest BCUT2D eigenvalue weighted by Crippen LogP contribution is -2.35. The van der Waals surface area contributed by atoms with Crippen LogP contribution in [0.4, 0.5) is 17.1 Å². The highest BCUT2D eigenvalue weighted by Gasteiger charge is 2.44. The number of piperidine rings is 1. The molecule has 3 fully saturated rings. The normalized spacial score (nSPS) is 18.7. The van der Waals surface area contributed by atoms with E-state index in [0.717, 1.165) is 55.4 Å². The van der Waals surface area contributed by atoms with Gasteiger partial charge in [-0.3, -0.25) is 9.52 Å². The molecule has 0 unspecified atom stereocenters. The molecule has 1 spiro atoms. The minimum absolute atomic E-state index is 0.205. The maximum Gasteiger partial charge on any atom is 0.257 e. The zero-order valence-electron chi connectivity index (χ0n) is 22.3. The van der Waals surface area contributed by atoms with Gasteiger partial charge in [-0.2, -0.15) is 0 Å². The summed E-state index contributed by atoms with van der Waals surface area (Å²) in [6, 6.07) is 10.9. The van der Waals surface area contributed by atoms with Gasteiger partial charge in [-0.05, 0) is 80.7 Å². The number of nitrogens with one attached hydrogen (secondary N) is 2. The Morgan fingerprint density at radius 1 is 1.08 bits per heavy atom. The van der Waals surface area contributed by atoms with Crippen LogP contribution in [0.5, 0.6) is 5.75 Å². The smallest absolute Gasteiger partial charge is 0.257 e. The molecule has 3 N–H and O–H groups in total. The van der Waals surface area contributed by atoms with Crippen molar-refractivity contribution < 1.29 is 23.1 Å². The summed E-state index contributed by atoms with van der Waals surface area (Å²) in [5.74, 6) is 0.121. The van der Waals surface area contributed by atoms with Crippen LogP contribution in [0, 0.1) is 5.41 Å². The fourth-order valence-electron chi connectivity index (χ4n) is 5.73. The van der Waals surface area contributed by atoms with Crippen LogP contribution in [0.2, 0.25) is 0 Å². The SMILES string of the molecule is Cn1ccc2cc(NC(=O)c3ccc(NS(=O)(=O)CCO)cc3N3CCC4(CC3)CC4)cc(OC3CCC3)c21. The van der Waals surface area contributed by atoms with Gasteiger partial charge in [0.2, 0.25) is 10.0 Å². The number of hydrogen-bond acceptors (Lipinski definition) is 6. The van der Waals surface area contributed by atoms with Crippen molar-refractivity contribution in [1.29, 1.82) is 0 Å². The van der Waals surface area contributed by atoms with Crippen molar-refractivity contribution in [1.82, 2.24) is 4.57 Å². The zero-order chi connectivity index (χ0) is 27.2. The number of carbonyl (C=O) groups is 1. The van der Waals surface area contributed by atoms with Crippen molar-refractivity contribution >= 4 is 43.9 Å². The number of benzene rings is 2. The Morgan fingerprint density at radius 3 is 2.51 bits per heavy atom. The molecule has 0 radical (unpaired) electrons. The molecule has 2 aliphatic carbocycles. The van der Waals surface area contributed by atoms with Gasteiger partial charge in [0.15, 0.2) is 0 Å². The monoisotopic (exact) mass is 552 g/mol. The van der Waals surface area contributed by atoms with Gasteiger partial charge in [0.1, 0.15) is 5.75 Å². The van der Waals surface area contributed by atoms with E-state index in [-0.39, 0.29) is 17.8 Å². The quantitative estimate of drug-likeness (QED) is 0.361. The molecule has 3 aromatic rings. The number of aryl methyl sites for hydroxylation is 1. The fraction of sp³-hybridized carbons (Fsp3) is 0.483. The number of aliphatic hydroxyl groups excluding tert-OH is 1. The summed E-state index contributed by atoms with van der Waals surface area (Å²) < 4.78 is 35.5. The molecular weight excluding hydrogens is 516 g/mol. The summed E-state index contributed by atoms with van der Waals surface area (Å²) in [6.45, 7) is 1.18. The van der Waals surface area contributed by atoms with Crippen molar-refractivity contribution in [3.8, 4) is 5.75 Å². The number of nitrogens with zero attached hydrogens (tertiary/aromatic N) is 2. The molecule has 0 atom stereocenters. The predicted molar refractivity (Wildman–Crippen MR) is 153 cm³/mol. The average Bonchev–Trinajstić information content (AvgIpc) is 3.52. The third-order valence-corrected chi connectivity index (χ3v) is 9.80. The van der Waals surface area contributed by atoms with E-state index in [1.54, 1.807) is 18.2 Å². The van der Waals surface area contributed by atoms with Crippen LogP contribution < -0.4 is 19.7 Å². The third kappa shape index (κ3) is 5.45. The first kappa shape index (κ1) is 26.0. The van der Waals surface area contributed by atoms with E-state index in [0.29, 0.717) is 28.0 Å². The Labute approximate surface area is 229 Å². The number of fused-ring (bicyclic) bond motifs is 1. The van der Waals surface area contributed by atoms with Crippen LogP contribution in [0.1, 0.15) is 55.3 Å². The molecule has 3 aliphatic rings. The van der Waals surface area contributed by atoms with E-state index >= 15 is 0 Å². The van der Waals surface area contributed by atoms with E-state index in [1.165, 1.54) is 19.3 Å². The highest BCUT2D eigenvalue weighted by molar-refractivity contribution is 7.92. The Balaban J connectivity index is 1.30. The molecule has 2 heterocycles. The van der Waals surface area contributed by atoms with Crippen molar-refractivity contribution in [2.75, 3.05) is 40.4 Å². The number of rotatable bonds is 9. The van der Waals surface area contributed by atoms with E-state index in [2.05, 4.69) is 14.9 Å². The van der Waals surface area contributed by atoms with Crippen LogP contribution in [-0.2, 0) is 17.1 Å². The first-order chi connectivity index (χ1) is 18.7. The molecule has 9 nitrogen and oxygen atoms in total. The summed E-state index contributed by atoms with van der Waals surface area (Å²) in [7, 11) is -1.70. The summed E-state index contributed by atoms with van der Waals surface area (Å²) in [5.41, 5.74) is 3.69. The molecule has 208 valence electrons. The molecule has 1 aromatic heterocycles. The minimum atomic E-state index is -3.69. The Hall–Kier alpha value is -3.24. The molecule has 2 aromatic carbocycles. The second-order valence-corrected chi connectivity index (χ2v) is 13.2. The highest BCUT2D eigenvalue weighted by atomic mass is 32.2. The standard InChI is InChI=1S/C29H36N4O5S/c1-32-12-7-20-17-22(19-26(27(20)32)38-23-3-2-4-23)30-28(35)24-6-5-21(31-39(36,37)16-15-34)18-25(24)33-13-10-29(8-9-29)11-14-33/h5-7,12,17-19,23,31,34H,2-4,8-11,13-16H2,1H3,(H,30,35). The average molecular weight is 553 g/mol. The molecular formula is C29H36N4O5S. The molecule has 6 rings (SSSR count). The molecule has 10 heteroatoms. The number of hydrogen-bond donors (Lipinski definition) is 3. The number of aromatic nitrogens is 1. The second kappa shape index (κ2) is 10.1. The Bertz CT molecular complexity index is 1500. The lowest BCUT2D eigenvalue weighted by Gasteiger charge is -2.35. The lowest BCUT2D eigenvalue weighted by molar-refractivity contribution is 0.102. The van der Waals surface area contributed by atoms with Gasteiger partial charge in [0, 0.05) is 43.5 Å². The molecule has 2 saturated carbocycles. The molecule has 39 heavy (non-hydrogen) atoms. The second-order valence-electron chi connectivity index (χ2n) is 11.3. The van der Waals surface area contributed by atoms with E-state index in [9.17, 15) is 13.2 Å². The largest absolute Gasteiger partial charge is 0.488 e. The predicted octanol–water partition coefficient (Wildman–Crippen LogP) is 4.48. The lowest BCUT2D eigenvalue weighted by atomic mass is 9.93. The maximum atomic E-state index is 13.7. The van der Waals surface area contributed by atoms with Crippen molar-refractivity contribution in [3.05, 3.63) is 48.2 Å². The van der Waals surface area contributed by atoms with Gasteiger partial charge >= 0.3 is 0 Å². The topological polar surface area (TPSA) is 113 Å². The number of sulfonamides is 1. The summed E-state index contributed by atoms with van der Waals surface area (Å²) in [5, 5.41) is 13.2. The Morgan fingerprint density at radius 2 is 1.85 bits per heavy atom. The Kier molecular flexibility index (Phi) is 6.71. The number of aliphatic hydroxyl groups is 1. The van der Waals surface area contributed by atoms with Crippen molar-refractivity contribution in [2.24, 2.45) is 12.5 Å². The molecule has 1 amide bonds. The van der Waals surface area contributed by atoms with Crippen LogP contribution >= 0.6 is 0 Å². The summed E-state index contributed by atoms with van der Waals surface area (Å²) in [6.07, 6.45) is 10.1. The van der Waals surface area contributed by atoms with Crippen LogP contribution in [-0.4, -0.2) is 55.6 Å². The van der Waals surface area contributed by atoms with Gasteiger partial charge in [-0.15, -0.1) is 0 Å². The van der Waals surface area contributed by atoms with Gasteiger partial charge < -0.3 is 24.6 Å². The summed E-state index contributed by atoms with van der Waals surface area (Å²) >= 11 is 0. The first-order valence-corrected chi connectivity index (χ1v) is 15.5. The number of ether oxygens (including phenoxy) is 1. The van der Waals surface area contributed by atoms with Gasteiger partial charge in [-0.1, -0.05) is 0 Å². The van der Waals surface area contributed by atoms with E-state index < -0.39 is 16.6 Å². The fourth-order valence-corrected chi connectivity index (χ4v) is 6.56. The van der Waals surface area contributed by atoms with Crippen LogP contribution in [0.25, 0.3) is 10.9 Å². The molecule has 1 saturated heterocycles. The van der Waals surface area contributed by atoms with Crippen molar-refractivity contribution in [3.63, 3.8) is 0 Å². The van der Waals surface area contributed by atoms with E-state index in [1.807, 2.05) is 36.0 Å². The van der Waals surface area contributed by atoms with Gasteiger partial charge in [0.05, 0.1) is 40.9 Å². The first-order valence-electron chi connectivity index (χ1n) is 13.8. The maximum absolute atomic E-state index is 13.7. The molecule has 1 aliphatic heterocycles. The minimum Gasteiger partial charge on any atom is -0.488 e. The zero-order valence-corrected chi connectivity index (χ0v) is 23.1. The highest BCUT2D eigenvalue weighted by Crippen LogP contribution is 2.54. The van der Waals surface area contributed by atoms with Crippen LogP contribution in [0.3, 0.4) is 0 Å². The van der Waals surface area contributed by atoms with Gasteiger partial charge in [-0.25, -0.2) is 8.42 Å². The van der Waals surface area contributed by atoms with Crippen molar-refractivity contribution in [2.45, 2.75) is 51.0 Å². The van der Waals surface area contributed by atoms with Gasteiger partial charge in [0.25, 0.3) is 5.91 Å². The van der Waals surface area contributed by atoms with E-state index in [4.69, 9.17) is 9.84 Å². The summed E-state index contributed by atoms with van der Waals surface area (Å²) in [4.78, 5) is 15.9. The third-order valence-electron chi connectivity index (χ3n) is 8.54. The van der Waals surface area contributed by atoms with Crippen LogP contribution in [0.15, 0.2) is 42.6 Å². The number of anilines is 3. The number of carbonyl (C=O) groups excluding carboxylic acids is 1.